The monoisotopic (exact) mass is 274 g/mol. The second-order valence-corrected chi connectivity index (χ2v) is 3.53. The Labute approximate surface area is 94.3 Å². The molecule has 0 aliphatic rings. The second kappa shape index (κ2) is 4.93. The highest BCUT2D eigenvalue weighted by Crippen LogP contribution is 2.27. The molecule has 0 spiro atoms. The van der Waals surface area contributed by atoms with Gasteiger partial charge >= 0.3 is 5.97 Å². The van der Waals surface area contributed by atoms with E-state index < -0.39 is 11.8 Å². The average molecular weight is 275 g/mol. The minimum atomic E-state index is -1.07. The molecule has 5 heteroatoms. The Balaban J connectivity index is 3.16. The van der Waals surface area contributed by atoms with E-state index in [0.29, 0.717) is 5.56 Å². The fourth-order valence-corrected chi connectivity index (χ4v) is 1.37. The molecule has 0 unspecified atom stereocenters. The molecule has 80 valence electrons. The summed E-state index contributed by atoms with van der Waals surface area (Å²) >= 11 is 3.00. The van der Waals surface area contributed by atoms with Crippen LogP contribution in [0.3, 0.4) is 0 Å². The van der Waals surface area contributed by atoms with E-state index in [4.69, 9.17) is 9.84 Å². The van der Waals surface area contributed by atoms with E-state index in [1.807, 2.05) is 0 Å². The van der Waals surface area contributed by atoms with Gasteiger partial charge in [0.15, 0.2) is 0 Å². The fourth-order valence-electron chi connectivity index (χ4n) is 1.01. The molecule has 0 bridgehead atoms. The molecule has 1 aromatic rings. The van der Waals surface area contributed by atoms with Crippen LogP contribution in [0.15, 0.2) is 22.7 Å². The molecule has 3 nitrogen and oxygen atoms in total. The Bertz CT molecular complexity index is 415. The maximum Gasteiger partial charge on any atom is 0.328 e. The number of carboxylic acids is 1. The van der Waals surface area contributed by atoms with Crippen LogP contribution in [0.25, 0.3) is 6.08 Å². The quantitative estimate of drug-likeness (QED) is 0.863. The predicted molar refractivity (Wildman–Crippen MR) is 57.3 cm³/mol. The van der Waals surface area contributed by atoms with E-state index in [9.17, 15) is 9.18 Å². The van der Waals surface area contributed by atoms with Crippen LogP contribution in [0, 0.1) is 5.82 Å². The van der Waals surface area contributed by atoms with Crippen LogP contribution in [-0.2, 0) is 4.79 Å². The predicted octanol–water partition coefficient (Wildman–Crippen LogP) is 2.69. The highest BCUT2D eigenvalue weighted by Gasteiger charge is 2.06. The molecule has 1 rings (SSSR count). The SMILES string of the molecule is COc1cc(F)c(Br)cc1/C=C/C(=O)O. The van der Waals surface area contributed by atoms with Gasteiger partial charge in [0.25, 0.3) is 0 Å². The molecular formula is C10H8BrFO3. The minimum absolute atomic E-state index is 0.258. The number of rotatable bonds is 3. The molecule has 0 fully saturated rings. The number of ether oxygens (including phenoxy) is 1. The van der Waals surface area contributed by atoms with Gasteiger partial charge in [0, 0.05) is 17.7 Å². The summed E-state index contributed by atoms with van der Waals surface area (Å²) in [5, 5.41) is 8.45. The summed E-state index contributed by atoms with van der Waals surface area (Å²) in [4.78, 5) is 10.3. The van der Waals surface area contributed by atoms with Gasteiger partial charge in [-0.2, -0.15) is 0 Å². The lowest BCUT2D eigenvalue weighted by Crippen LogP contribution is -1.91. The first-order chi connectivity index (χ1) is 7.04. The number of carbonyl (C=O) groups is 1. The summed E-state index contributed by atoms with van der Waals surface area (Å²) < 4.78 is 18.2. The molecule has 1 aromatic carbocycles. The molecule has 0 atom stereocenters. The summed E-state index contributed by atoms with van der Waals surface area (Å²) in [6.45, 7) is 0. The Hall–Kier alpha value is -1.36. The maximum atomic E-state index is 13.1. The molecule has 1 N–H and O–H groups in total. The zero-order valence-electron chi connectivity index (χ0n) is 7.83. The minimum Gasteiger partial charge on any atom is -0.496 e. The first kappa shape index (κ1) is 11.7. The first-order valence-electron chi connectivity index (χ1n) is 3.98. The third-order valence-electron chi connectivity index (χ3n) is 1.68. The summed E-state index contributed by atoms with van der Waals surface area (Å²) in [5.41, 5.74) is 0.494. The Morgan fingerprint density at radius 1 is 1.60 bits per heavy atom. The number of aliphatic carboxylic acids is 1. The molecule has 0 aromatic heterocycles. The van der Waals surface area contributed by atoms with Gasteiger partial charge in [0.2, 0.25) is 0 Å². The van der Waals surface area contributed by atoms with Crippen molar-refractivity contribution in [2.24, 2.45) is 0 Å². The van der Waals surface area contributed by atoms with Crippen LogP contribution in [0.5, 0.6) is 5.75 Å². The second-order valence-electron chi connectivity index (χ2n) is 2.68. The number of benzene rings is 1. The van der Waals surface area contributed by atoms with Gasteiger partial charge < -0.3 is 9.84 Å². The van der Waals surface area contributed by atoms with Gasteiger partial charge in [-0.05, 0) is 28.1 Å². The molecule has 0 amide bonds. The Morgan fingerprint density at radius 3 is 2.80 bits per heavy atom. The van der Waals surface area contributed by atoms with Gasteiger partial charge in [0.05, 0.1) is 11.6 Å². The molecule has 0 saturated heterocycles. The van der Waals surface area contributed by atoms with E-state index in [-0.39, 0.29) is 10.2 Å². The topological polar surface area (TPSA) is 46.5 Å². The largest absolute Gasteiger partial charge is 0.496 e. The van der Waals surface area contributed by atoms with Crippen LogP contribution in [0.4, 0.5) is 4.39 Å². The van der Waals surface area contributed by atoms with Crippen molar-refractivity contribution in [3.8, 4) is 5.75 Å². The highest BCUT2D eigenvalue weighted by atomic mass is 79.9. The van der Waals surface area contributed by atoms with Crippen molar-refractivity contribution < 1.29 is 19.0 Å². The van der Waals surface area contributed by atoms with Crippen LogP contribution < -0.4 is 4.74 Å². The maximum absolute atomic E-state index is 13.1. The number of methoxy groups -OCH3 is 1. The van der Waals surface area contributed by atoms with Crippen molar-refractivity contribution >= 4 is 28.0 Å². The summed E-state index contributed by atoms with van der Waals surface area (Å²) in [5.74, 6) is -1.25. The van der Waals surface area contributed by atoms with Crippen molar-refractivity contribution in [1.29, 1.82) is 0 Å². The van der Waals surface area contributed by atoms with Gasteiger partial charge in [-0.3, -0.25) is 0 Å². The lowest BCUT2D eigenvalue weighted by atomic mass is 10.2. The van der Waals surface area contributed by atoms with Gasteiger partial charge in [-0.15, -0.1) is 0 Å². The van der Waals surface area contributed by atoms with E-state index in [1.54, 1.807) is 0 Å². The molecule has 0 radical (unpaired) electrons. The normalized spacial score (nSPS) is 10.6. The third kappa shape index (κ3) is 3.06. The number of hydrogen-bond donors (Lipinski definition) is 1. The van der Waals surface area contributed by atoms with Crippen molar-refractivity contribution in [3.63, 3.8) is 0 Å². The number of hydrogen-bond acceptors (Lipinski definition) is 2. The van der Waals surface area contributed by atoms with Crippen molar-refractivity contribution in [1.82, 2.24) is 0 Å². The van der Waals surface area contributed by atoms with Gasteiger partial charge in [-0.1, -0.05) is 0 Å². The lowest BCUT2D eigenvalue weighted by molar-refractivity contribution is -0.131. The van der Waals surface area contributed by atoms with Crippen LogP contribution in [-0.4, -0.2) is 18.2 Å². The van der Waals surface area contributed by atoms with Gasteiger partial charge in [0.1, 0.15) is 11.6 Å². The molecule has 0 heterocycles. The van der Waals surface area contributed by atoms with E-state index in [0.717, 1.165) is 6.08 Å². The van der Waals surface area contributed by atoms with Crippen LogP contribution >= 0.6 is 15.9 Å². The van der Waals surface area contributed by atoms with Crippen LogP contribution in [0.2, 0.25) is 0 Å². The molecule has 15 heavy (non-hydrogen) atoms. The number of carboxylic acid groups (broad SMARTS) is 1. The molecule has 0 aliphatic heterocycles. The van der Waals surface area contributed by atoms with E-state index in [2.05, 4.69) is 15.9 Å². The van der Waals surface area contributed by atoms with Crippen LogP contribution in [0.1, 0.15) is 5.56 Å². The molecule has 0 saturated carbocycles. The van der Waals surface area contributed by atoms with Crippen molar-refractivity contribution in [3.05, 3.63) is 34.1 Å². The average Bonchev–Trinajstić information content (AvgIpc) is 2.19. The number of halogens is 2. The lowest BCUT2D eigenvalue weighted by Gasteiger charge is -2.05. The van der Waals surface area contributed by atoms with E-state index >= 15 is 0 Å². The van der Waals surface area contributed by atoms with Gasteiger partial charge in [-0.25, -0.2) is 9.18 Å². The third-order valence-corrected chi connectivity index (χ3v) is 2.29. The summed E-state index contributed by atoms with van der Waals surface area (Å²) in [7, 11) is 1.39. The zero-order chi connectivity index (χ0) is 11.4. The fraction of sp³-hybridized carbons (Fsp3) is 0.100. The highest BCUT2D eigenvalue weighted by molar-refractivity contribution is 9.10. The Morgan fingerprint density at radius 2 is 2.27 bits per heavy atom. The zero-order valence-corrected chi connectivity index (χ0v) is 9.42. The molecule has 0 aliphatic carbocycles. The van der Waals surface area contributed by atoms with Crippen molar-refractivity contribution in [2.75, 3.05) is 7.11 Å². The summed E-state index contributed by atoms with van der Waals surface area (Å²) in [6, 6.07) is 2.64. The van der Waals surface area contributed by atoms with Crippen molar-refractivity contribution in [2.45, 2.75) is 0 Å². The first-order valence-corrected chi connectivity index (χ1v) is 4.78. The van der Waals surface area contributed by atoms with E-state index in [1.165, 1.54) is 25.3 Å². The Kier molecular flexibility index (Phi) is 3.85. The summed E-state index contributed by atoms with van der Waals surface area (Å²) in [6.07, 6.45) is 2.30. The smallest absolute Gasteiger partial charge is 0.328 e. The standard InChI is InChI=1S/C10H8BrFO3/c1-15-9-5-8(12)7(11)4-6(9)2-3-10(13)14/h2-5H,1H3,(H,13,14)/b3-2+. The molecular weight excluding hydrogens is 267 g/mol.